The number of hydrogen-bond donors (Lipinski definition) is 2. The predicted molar refractivity (Wildman–Crippen MR) is 50.0 cm³/mol. The van der Waals surface area contributed by atoms with Crippen LogP contribution in [0.1, 0.15) is 39.5 Å². The molecule has 1 rings (SSSR count). The Hall–Kier alpha value is -1.06. The van der Waals surface area contributed by atoms with Gasteiger partial charge in [-0.3, -0.25) is 9.59 Å². The summed E-state index contributed by atoms with van der Waals surface area (Å²) in [7, 11) is 0. The highest BCUT2D eigenvalue weighted by Gasteiger charge is 2.56. The van der Waals surface area contributed by atoms with E-state index in [2.05, 4.69) is 0 Å². The van der Waals surface area contributed by atoms with Crippen LogP contribution in [0, 0.1) is 10.8 Å². The second-order valence-corrected chi connectivity index (χ2v) is 4.48. The highest BCUT2D eigenvalue weighted by atomic mass is 16.4. The molecule has 0 aromatic carbocycles. The minimum Gasteiger partial charge on any atom is -0.481 e. The van der Waals surface area contributed by atoms with E-state index in [1.54, 1.807) is 13.8 Å². The van der Waals surface area contributed by atoms with Gasteiger partial charge in [0.25, 0.3) is 0 Å². The molecular weight excluding hydrogens is 184 g/mol. The maximum Gasteiger partial charge on any atom is 0.310 e. The van der Waals surface area contributed by atoms with E-state index in [4.69, 9.17) is 10.2 Å². The van der Waals surface area contributed by atoms with Crippen molar-refractivity contribution in [1.29, 1.82) is 0 Å². The normalized spacial score (nSPS) is 37.9. The van der Waals surface area contributed by atoms with E-state index in [1.165, 1.54) is 0 Å². The molecule has 1 fully saturated rings. The molecule has 1 aliphatic carbocycles. The number of carbonyl (C=O) groups is 2. The number of carboxylic acids is 2. The molecule has 0 aromatic heterocycles. The lowest BCUT2D eigenvalue weighted by molar-refractivity contribution is -0.175. The number of rotatable bonds is 2. The molecule has 2 atom stereocenters. The van der Waals surface area contributed by atoms with Gasteiger partial charge in [-0.15, -0.1) is 0 Å². The van der Waals surface area contributed by atoms with Crippen molar-refractivity contribution >= 4 is 11.9 Å². The molecule has 0 amide bonds. The van der Waals surface area contributed by atoms with Crippen LogP contribution in [0.15, 0.2) is 0 Å². The maximum absolute atomic E-state index is 11.1. The van der Waals surface area contributed by atoms with Crippen molar-refractivity contribution in [2.75, 3.05) is 0 Å². The SMILES string of the molecule is C[C@]1(C(=O)O)CCCC[C@]1(C)C(=O)O. The van der Waals surface area contributed by atoms with Crippen LogP contribution < -0.4 is 0 Å². The Morgan fingerprint density at radius 1 is 0.929 bits per heavy atom. The molecule has 0 heterocycles. The standard InChI is InChI=1S/C10H16O4/c1-9(7(11)12)5-3-4-6-10(9,2)8(13)14/h3-6H2,1-2H3,(H,11,12)(H,13,14)/t9-,10-/m1/s1. The van der Waals surface area contributed by atoms with Crippen LogP contribution in [0.5, 0.6) is 0 Å². The molecule has 14 heavy (non-hydrogen) atoms. The summed E-state index contributed by atoms with van der Waals surface area (Å²) in [6.07, 6.45) is 2.49. The molecule has 80 valence electrons. The Balaban J connectivity index is 3.12. The van der Waals surface area contributed by atoms with Crippen LogP contribution in [0.3, 0.4) is 0 Å². The van der Waals surface area contributed by atoms with Gasteiger partial charge in [-0.2, -0.15) is 0 Å². The molecule has 0 aromatic rings. The zero-order valence-corrected chi connectivity index (χ0v) is 8.54. The van der Waals surface area contributed by atoms with Crippen LogP contribution in [0.25, 0.3) is 0 Å². The maximum atomic E-state index is 11.1. The molecule has 0 saturated heterocycles. The summed E-state index contributed by atoms with van der Waals surface area (Å²) >= 11 is 0. The Bertz CT molecular complexity index is 245. The number of carboxylic acid groups (broad SMARTS) is 2. The van der Waals surface area contributed by atoms with Crippen LogP contribution in [0.4, 0.5) is 0 Å². The zero-order chi connectivity index (χ0) is 11.0. The van der Waals surface area contributed by atoms with Crippen molar-refractivity contribution in [3.05, 3.63) is 0 Å². The minimum atomic E-state index is -1.13. The Morgan fingerprint density at radius 2 is 1.21 bits per heavy atom. The molecular formula is C10H16O4. The second kappa shape index (κ2) is 3.26. The fraction of sp³-hybridized carbons (Fsp3) is 0.800. The summed E-state index contributed by atoms with van der Waals surface area (Å²) < 4.78 is 0. The van der Waals surface area contributed by atoms with Gasteiger partial charge in [-0.05, 0) is 26.7 Å². The third-order valence-electron chi connectivity index (χ3n) is 3.77. The lowest BCUT2D eigenvalue weighted by atomic mass is 9.57. The van der Waals surface area contributed by atoms with Crippen molar-refractivity contribution in [2.24, 2.45) is 10.8 Å². The monoisotopic (exact) mass is 200 g/mol. The molecule has 2 N–H and O–H groups in total. The molecule has 1 saturated carbocycles. The van der Waals surface area contributed by atoms with Gasteiger partial charge in [-0.25, -0.2) is 0 Å². The predicted octanol–water partition coefficient (Wildman–Crippen LogP) is 1.74. The van der Waals surface area contributed by atoms with Gasteiger partial charge < -0.3 is 10.2 Å². The highest BCUT2D eigenvalue weighted by molar-refractivity contribution is 5.86. The summed E-state index contributed by atoms with van der Waals surface area (Å²) in [5.41, 5.74) is -2.26. The van der Waals surface area contributed by atoms with E-state index in [0.29, 0.717) is 12.8 Å². The van der Waals surface area contributed by atoms with Gasteiger partial charge in [0.2, 0.25) is 0 Å². The minimum absolute atomic E-state index is 0.450. The average Bonchev–Trinajstić information content (AvgIpc) is 2.09. The quantitative estimate of drug-likeness (QED) is 0.712. The van der Waals surface area contributed by atoms with Crippen molar-refractivity contribution in [3.63, 3.8) is 0 Å². The fourth-order valence-electron chi connectivity index (χ4n) is 2.19. The van der Waals surface area contributed by atoms with Gasteiger partial charge in [0.15, 0.2) is 0 Å². The summed E-state index contributed by atoms with van der Waals surface area (Å²) in [4.78, 5) is 22.3. The van der Waals surface area contributed by atoms with E-state index < -0.39 is 22.8 Å². The summed E-state index contributed by atoms with van der Waals surface area (Å²) in [5.74, 6) is -2.00. The smallest absolute Gasteiger partial charge is 0.310 e. The van der Waals surface area contributed by atoms with Gasteiger partial charge in [0.05, 0.1) is 10.8 Å². The van der Waals surface area contributed by atoms with Crippen molar-refractivity contribution in [3.8, 4) is 0 Å². The van der Waals surface area contributed by atoms with E-state index >= 15 is 0 Å². The second-order valence-electron chi connectivity index (χ2n) is 4.48. The first kappa shape index (κ1) is 11.0. The Labute approximate surface area is 82.9 Å². The average molecular weight is 200 g/mol. The van der Waals surface area contributed by atoms with Gasteiger partial charge in [0, 0.05) is 0 Å². The third-order valence-corrected chi connectivity index (χ3v) is 3.77. The highest BCUT2D eigenvalue weighted by Crippen LogP contribution is 2.50. The largest absolute Gasteiger partial charge is 0.481 e. The number of aliphatic carboxylic acids is 2. The van der Waals surface area contributed by atoms with E-state index in [1.807, 2.05) is 0 Å². The summed E-state index contributed by atoms with van der Waals surface area (Å²) in [6.45, 7) is 3.09. The van der Waals surface area contributed by atoms with E-state index in [-0.39, 0.29) is 0 Å². The van der Waals surface area contributed by atoms with Crippen molar-refractivity contribution in [2.45, 2.75) is 39.5 Å². The number of hydrogen-bond acceptors (Lipinski definition) is 2. The van der Waals surface area contributed by atoms with Crippen LogP contribution in [-0.4, -0.2) is 22.2 Å². The van der Waals surface area contributed by atoms with Crippen molar-refractivity contribution in [1.82, 2.24) is 0 Å². The summed E-state index contributed by atoms with van der Waals surface area (Å²) in [5, 5.41) is 18.2. The molecule has 0 unspecified atom stereocenters. The Kier molecular flexibility index (Phi) is 2.56. The first-order valence-electron chi connectivity index (χ1n) is 4.81. The molecule has 4 nitrogen and oxygen atoms in total. The van der Waals surface area contributed by atoms with E-state index in [0.717, 1.165) is 12.8 Å². The first-order valence-corrected chi connectivity index (χ1v) is 4.81. The zero-order valence-electron chi connectivity index (χ0n) is 8.54. The molecule has 1 aliphatic rings. The van der Waals surface area contributed by atoms with Crippen LogP contribution >= 0.6 is 0 Å². The van der Waals surface area contributed by atoms with Crippen LogP contribution in [0.2, 0.25) is 0 Å². The molecule has 0 radical (unpaired) electrons. The van der Waals surface area contributed by atoms with Gasteiger partial charge in [0.1, 0.15) is 0 Å². The lowest BCUT2D eigenvalue weighted by Gasteiger charge is -2.43. The van der Waals surface area contributed by atoms with Crippen molar-refractivity contribution < 1.29 is 19.8 Å². The summed E-state index contributed by atoms with van der Waals surface area (Å²) in [6, 6.07) is 0. The molecule has 0 spiro atoms. The lowest BCUT2D eigenvalue weighted by Crippen LogP contribution is -2.50. The topological polar surface area (TPSA) is 74.6 Å². The molecule has 0 aliphatic heterocycles. The third kappa shape index (κ3) is 1.29. The fourth-order valence-corrected chi connectivity index (χ4v) is 2.19. The molecule has 0 bridgehead atoms. The first-order chi connectivity index (χ1) is 6.34. The van der Waals surface area contributed by atoms with Gasteiger partial charge in [-0.1, -0.05) is 12.8 Å². The van der Waals surface area contributed by atoms with Gasteiger partial charge >= 0.3 is 11.9 Å². The van der Waals surface area contributed by atoms with E-state index in [9.17, 15) is 9.59 Å². The molecule has 4 heteroatoms. The Morgan fingerprint density at radius 3 is 1.43 bits per heavy atom. The van der Waals surface area contributed by atoms with Crippen LogP contribution in [-0.2, 0) is 9.59 Å².